The van der Waals surface area contributed by atoms with E-state index in [1.165, 1.54) is 17.9 Å². The number of nitrogens with zero attached hydrogens (tertiary/aromatic N) is 1. The minimum atomic E-state index is -0.509. The van der Waals surface area contributed by atoms with Gasteiger partial charge in [-0.05, 0) is 27.2 Å². The number of hydrogen-bond acceptors (Lipinski definition) is 3. The Morgan fingerprint density at radius 2 is 1.94 bits per heavy atom. The number of hydrazine groups is 1. The van der Waals surface area contributed by atoms with E-state index in [2.05, 4.69) is 12.3 Å². The van der Waals surface area contributed by atoms with Crippen LogP contribution in [0.1, 0.15) is 53.4 Å². The van der Waals surface area contributed by atoms with Gasteiger partial charge in [0, 0.05) is 6.54 Å². The first-order valence-electron chi connectivity index (χ1n) is 5.87. The molecule has 4 heteroatoms. The van der Waals surface area contributed by atoms with E-state index in [9.17, 15) is 4.79 Å². The van der Waals surface area contributed by atoms with Crippen LogP contribution in [-0.2, 0) is 4.74 Å². The number of carbonyl (C=O) groups is 1. The van der Waals surface area contributed by atoms with Gasteiger partial charge in [-0.1, -0.05) is 26.2 Å². The zero-order valence-corrected chi connectivity index (χ0v) is 10.9. The Bertz CT molecular complexity index is 200. The van der Waals surface area contributed by atoms with E-state index in [1.54, 1.807) is 0 Å². The molecule has 0 fully saturated rings. The van der Waals surface area contributed by atoms with Crippen LogP contribution in [0.5, 0.6) is 0 Å². The molecule has 0 spiro atoms. The summed E-state index contributed by atoms with van der Waals surface area (Å²) in [6.07, 6.45) is 3.97. The topological polar surface area (TPSA) is 41.6 Å². The normalized spacial score (nSPS) is 11.6. The lowest BCUT2D eigenvalue weighted by Gasteiger charge is -2.23. The zero-order valence-electron chi connectivity index (χ0n) is 10.9. The number of ether oxygens (including phenoxy) is 1. The minimum Gasteiger partial charge on any atom is -0.443 e. The first-order valence-corrected chi connectivity index (χ1v) is 5.87. The van der Waals surface area contributed by atoms with Crippen molar-refractivity contribution in [1.29, 1.82) is 0 Å². The molecule has 0 rings (SSSR count). The average molecular weight is 228 g/mol. The third-order valence-electron chi connectivity index (χ3n) is 1.89. The van der Waals surface area contributed by atoms with Crippen LogP contribution in [0.3, 0.4) is 0 Å². The molecule has 0 unspecified atom stereocenters. The first kappa shape index (κ1) is 15.2. The van der Waals surface area contributed by atoms with Crippen LogP contribution in [-0.4, -0.2) is 23.2 Å². The molecule has 0 aromatic carbocycles. The van der Waals surface area contributed by atoms with Gasteiger partial charge in [0.05, 0.1) is 7.05 Å². The van der Waals surface area contributed by atoms with Crippen LogP contribution in [0.25, 0.3) is 0 Å². The molecule has 0 atom stereocenters. The Hall–Kier alpha value is -0.770. The molecule has 2 radical (unpaired) electrons. The van der Waals surface area contributed by atoms with Crippen molar-refractivity contribution in [2.75, 3.05) is 6.54 Å². The summed E-state index contributed by atoms with van der Waals surface area (Å²) in [6.45, 7) is 8.23. The Morgan fingerprint density at radius 1 is 1.31 bits per heavy atom. The Morgan fingerprint density at radius 3 is 2.44 bits per heavy atom. The van der Waals surface area contributed by atoms with E-state index >= 15 is 0 Å². The van der Waals surface area contributed by atoms with Gasteiger partial charge in [-0.15, -0.1) is 0 Å². The van der Waals surface area contributed by atoms with Gasteiger partial charge in [-0.25, -0.2) is 9.80 Å². The van der Waals surface area contributed by atoms with E-state index in [0.717, 1.165) is 12.8 Å². The number of carbonyl (C=O) groups excluding carboxylic acids is 1. The Kier molecular flexibility index (Phi) is 7.13. The molecule has 16 heavy (non-hydrogen) atoms. The molecule has 0 heterocycles. The molecule has 1 amide bonds. The summed E-state index contributed by atoms with van der Waals surface area (Å²) in [5.74, 6) is 0. The van der Waals surface area contributed by atoms with Crippen LogP contribution in [0.2, 0.25) is 0 Å². The maximum atomic E-state index is 11.3. The second kappa shape index (κ2) is 7.49. The molecule has 0 aliphatic carbocycles. The van der Waals surface area contributed by atoms with Crippen LogP contribution in [0, 0.1) is 7.05 Å². The minimum absolute atomic E-state index is 0.493. The smallest absolute Gasteiger partial charge is 0.422 e. The molecule has 0 aliphatic rings. The van der Waals surface area contributed by atoms with Gasteiger partial charge in [-0.3, -0.25) is 5.43 Å². The predicted molar refractivity (Wildman–Crippen MR) is 64.5 cm³/mol. The second-order valence-corrected chi connectivity index (χ2v) is 4.87. The van der Waals surface area contributed by atoms with Crippen LogP contribution < -0.4 is 5.43 Å². The highest BCUT2D eigenvalue weighted by Crippen LogP contribution is 2.06. The second-order valence-electron chi connectivity index (χ2n) is 4.87. The Labute approximate surface area is 99.3 Å². The lowest BCUT2D eigenvalue weighted by atomic mass is 10.2. The third-order valence-corrected chi connectivity index (χ3v) is 1.89. The molecule has 94 valence electrons. The zero-order chi connectivity index (χ0) is 12.6. The summed E-state index contributed by atoms with van der Waals surface area (Å²) in [4.78, 5) is 11.3. The number of rotatable bonds is 6. The lowest BCUT2D eigenvalue weighted by molar-refractivity contribution is 0.0389. The summed E-state index contributed by atoms with van der Waals surface area (Å²) in [5.41, 5.74) is 1.97. The van der Waals surface area contributed by atoms with Crippen molar-refractivity contribution in [3.63, 3.8) is 0 Å². The molecule has 0 saturated heterocycles. The first-order chi connectivity index (χ1) is 7.35. The van der Waals surface area contributed by atoms with Gasteiger partial charge in [0.15, 0.2) is 0 Å². The van der Waals surface area contributed by atoms with Crippen LogP contribution >= 0.6 is 0 Å². The fourth-order valence-corrected chi connectivity index (χ4v) is 1.18. The van der Waals surface area contributed by atoms with E-state index in [0.29, 0.717) is 6.54 Å². The van der Waals surface area contributed by atoms with Crippen LogP contribution in [0.15, 0.2) is 0 Å². The molecule has 1 N–H and O–H groups in total. The van der Waals surface area contributed by atoms with Crippen molar-refractivity contribution >= 4 is 6.09 Å². The number of nitrogens with one attached hydrogen (secondary N) is 1. The van der Waals surface area contributed by atoms with Gasteiger partial charge in [0.25, 0.3) is 0 Å². The molecule has 0 bridgehead atoms. The number of amides is 1. The van der Waals surface area contributed by atoms with Gasteiger partial charge >= 0.3 is 6.09 Å². The van der Waals surface area contributed by atoms with Crippen LogP contribution in [0.4, 0.5) is 4.79 Å². The van der Waals surface area contributed by atoms with E-state index in [1.807, 2.05) is 20.8 Å². The molecule has 0 aliphatic heterocycles. The van der Waals surface area contributed by atoms with Crippen molar-refractivity contribution in [3.8, 4) is 0 Å². The maximum absolute atomic E-state index is 11.3. The molecule has 4 nitrogen and oxygen atoms in total. The molecule has 0 aromatic rings. The summed E-state index contributed by atoms with van der Waals surface area (Å²) >= 11 is 0. The van der Waals surface area contributed by atoms with Crippen molar-refractivity contribution in [2.24, 2.45) is 0 Å². The van der Waals surface area contributed by atoms with Crippen molar-refractivity contribution in [1.82, 2.24) is 10.4 Å². The average Bonchev–Trinajstić information content (AvgIpc) is 2.09. The quantitative estimate of drug-likeness (QED) is 0.432. The summed E-state index contributed by atoms with van der Waals surface area (Å²) in [6, 6.07) is 0. The molecule has 0 aromatic heterocycles. The molecule has 0 saturated carbocycles. The third kappa shape index (κ3) is 9.77. The highest BCUT2D eigenvalue weighted by molar-refractivity contribution is 5.67. The predicted octanol–water partition coefficient (Wildman–Crippen LogP) is 2.98. The van der Waals surface area contributed by atoms with Gasteiger partial charge in [0.1, 0.15) is 5.60 Å². The molecular formula is C12H24N2O2. The monoisotopic (exact) mass is 228 g/mol. The fraction of sp³-hybridized carbons (Fsp3) is 0.833. The van der Waals surface area contributed by atoms with Crippen molar-refractivity contribution in [2.45, 2.75) is 59.0 Å². The SMILES string of the molecule is [CH]N(CCCCCC)NC(=O)OC(C)(C)C. The summed E-state index contributed by atoms with van der Waals surface area (Å²) in [7, 11) is 5.60. The maximum Gasteiger partial charge on any atom is 0.422 e. The summed E-state index contributed by atoms with van der Waals surface area (Å²) in [5, 5.41) is 1.28. The largest absolute Gasteiger partial charge is 0.443 e. The van der Waals surface area contributed by atoms with E-state index in [-0.39, 0.29) is 0 Å². The summed E-state index contributed by atoms with van der Waals surface area (Å²) < 4.78 is 5.06. The highest BCUT2D eigenvalue weighted by Gasteiger charge is 2.16. The van der Waals surface area contributed by atoms with Gasteiger partial charge in [-0.2, -0.15) is 0 Å². The number of hydrogen-bond donors (Lipinski definition) is 1. The Balaban J connectivity index is 3.62. The molecular weight excluding hydrogens is 204 g/mol. The van der Waals surface area contributed by atoms with E-state index < -0.39 is 11.7 Å². The van der Waals surface area contributed by atoms with E-state index in [4.69, 9.17) is 11.8 Å². The fourth-order valence-electron chi connectivity index (χ4n) is 1.18. The number of unbranched alkanes of at least 4 members (excludes halogenated alkanes) is 3. The highest BCUT2D eigenvalue weighted by atomic mass is 16.6. The standard InChI is InChI=1S/C12H24N2O2/c1-6-7-8-9-10-14(5)13-11(15)16-12(2,3)4/h5H,6-10H2,1-4H3,(H,13,15). The van der Waals surface area contributed by atoms with Gasteiger partial charge in [0.2, 0.25) is 0 Å². The van der Waals surface area contributed by atoms with Crippen molar-refractivity contribution < 1.29 is 9.53 Å². The lowest BCUT2D eigenvalue weighted by Crippen LogP contribution is -2.41. The van der Waals surface area contributed by atoms with Gasteiger partial charge < -0.3 is 4.74 Å². The van der Waals surface area contributed by atoms with Crippen molar-refractivity contribution in [3.05, 3.63) is 7.05 Å².